The van der Waals surface area contributed by atoms with Crippen LogP contribution in [0.1, 0.15) is 30.9 Å². The van der Waals surface area contributed by atoms with Crippen LogP contribution in [0, 0.1) is 0 Å². The first kappa shape index (κ1) is 17.6. The number of hydrogen-bond donors (Lipinski definition) is 0. The molecule has 0 aliphatic carbocycles. The van der Waals surface area contributed by atoms with Crippen LogP contribution in [0.4, 0.5) is 0 Å². The quantitative estimate of drug-likeness (QED) is 0.741. The maximum atomic E-state index is 12.9. The number of halogens is 2. The lowest BCUT2D eigenvalue weighted by Gasteiger charge is -2.16. The number of hydrogen-bond acceptors (Lipinski definition) is 4. The van der Waals surface area contributed by atoms with Crippen LogP contribution in [0.3, 0.4) is 0 Å². The van der Waals surface area contributed by atoms with E-state index in [1.807, 2.05) is 6.92 Å². The molecule has 1 aromatic rings. The molecular weight excluding hydrogens is 373 g/mol. The van der Waals surface area contributed by atoms with Gasteiger partial charge in [-0.3, -0.25) is 4.79 Å². The highest BCUT2D eigenvalue weighted by atomic mass is 35.5. The predicted octanol–water partition coefficient (Wildman–Crippen LogP) is 3.25. The fourth-order valence-electron chi connectivity index (χ4n) is 3.37. The van der Waals surface area contributed by atoms with E-state index in [2.05, 4.69) is 0 Å². The van der Waals surface area contributed by atoms with Gasteiger partial charge in [0.2, 0.25) is 0 Å². The number of rotatable bonds is 4. The molecule has 0 aromatic heterocycles. The number of amides is 1. The van der Waals surface area contributed by atoms with E-state index in [1.54, 1.807) is 17.0 Å². The Morgan fingerprint density at radius 1 is 1.33 bits per heavy atom. The lowest BCUT2D eigenvalue weighted by Crippen LogP contribution is -2.30. The van der Waals surface area contributed by atoms with Crippen molar-refractivity contribution in [1.82, 2.24) is 4.90 Å². The molecule has 3 rings (SSSR count). The third-order valence-electron chi connectivity index (χ3n) is 4.29. The summed E-state index contributed by atoms with van der Waals surface area (Å²) in [6, 6.07) is 2.95. The molecule has 1 fully saturated rings. The summed E-state index contributed by atoms with van der Waals surface area (Å²) in [5.74, 6) is -0.0611. The summed E-state index contributed by atoms with van der Waals surface area (Å²) in [6.07, 6.45) is 3.06. The molecule has 1 atom stereocenters. The molecule has 24 heavy (non-hydrogen) atoms. The molecule has 0 spiro atoms. The summed E-state index contributed by atoms with van der Waals surface area (Å²) < 4.78 is 28.7. The highest BCUT2D eigenvalue weighted by molar-refractivity contribution is 7.86. The second-order valence-corrected chi connectivity index (χ2v) is 8.38. The first-order chi connectivity index (χ1) is 11.2. The minimum absolute atomic E-state index is 0.180. The number of fused-ring (bicyclic) bond motifs is 1. The number of nitrogens with zero attached hydrogens (tertiary/aromatic N) is 1. The van der Waals surface area contributed by atoms with Crippen molar-refractivity contribution in [2.24, 2.45) is 0 Å². The zero-order valence-electron chi connectivity index (χ0n) is 13.3. The van der Waals surface area contributed by atoms with E-state index in [-0.39, 0.29) is 23.3 Å². The van der Waals surface area contributed by atoms with E-state index in [0.29, 0.717) is 35.0 Å². The fraction of sp³-hybridized carbons (Fsp3) is 0.438. The Labute approximate surface area is 151 Å². The molecule has 0 bridgehead atoms. The van der Waals surface area contributed by atoms with E-state index < -0.39 is 10.1 Å². The Bertz CT molecular complexity index is 848. The zero-order chi connectivity index (χ0) is 17.6. The van der Waals surface area contributed by atoms with Crippen LogP contribution < -0.4 is 0 Å². The normalized spacial score (nSPS) is 20.8. The minimum Gasteiger partial charge on any atom is -0.384 e. The molecule has 2 aliphatic heterocycles. The van der Waals surface area contributed by atoms with Gasteiger partial charge in [-0.1, -0.05) is 30.1 Å². The average molecular weight is 390 g/mol. The van der Waals surface area contributed by atoms with Crippen LogP contribution in [0.25, 0.3) is 5.57 Å². The van der Waals surface area contributed by atoms with Crippen LogP contribution >= 0.6 is 23.2 Å². The molecule has 2 aliphatic rings. The summed E-state index contributed by atoms with van der Waals surface area (Å²) in [5.41, 5.74) is 1.54. The van der Waals surface area contributed by atoms with Crippen LogP contribution in [0.2, 0.25) is 10.0 Å². The lowest BCUT2D eigenvalue weighted by molar-refractivity contribution is -0.124. The minimum atomic E-state index is -3.76. The summed E-state index contributed by atoms with van der Waals surface area (Å²) >= 11 is 12.4. The van der Waals surface area contributed by atoms with E-state index in [9.17, 15) is 13.2 Å². The molecular formula is C16H17Cl2NO4S. The second kappa shape index (κ2) is 6.24. The molecule has 0 radical (unpaired) electrons. The standard InChI is InChI=1S/C16H17Cl2NO4S/c1-3-9-7-10(17)8-11(18)13(9)14-15(23-24(2,21)22)12-5-4-6-19(12)16(14)20/h7-8,12H,3-6H2,1-2H3. The topological polar surface area (TPSA) is 63.7 Å². The van der Waals surface area contributed by atoms with Crippen molar-refractivity contribution in [2.75, 3.05) is 12.8 Å². The Morgan fingerprint density at radius 3 is 2.67 bits per heavy atom. The van der Waals surface area contributed by atoms with Gasteiger partial charge in [0, 0.05) is 17.1 Å². The molecule has 0 saturated carbocycles. The van der Waals surface area contributed by atoms with Crippen molar-refractivity contribution >= 4 is 44.8 Å². The predicted molar refractivity (Wildman–Crippen MR) is 93.4 cm³/mol. The van der Waals surface area contributed by atoms with Gasteiger partial charge in [-0.2, -0.15) is 8.42 Å². The maximum Gasteiger partial charge on any atom is 0.306 e. The van der Waals surface area contributed by atoms with Gasteiger partial charge in [0.15, 0.2) is 5.76 Å². The van der Waals surface area contributed by atoms with Gasteiger partial charge in [0.25, 0.3) is 5.91 Å². The van der Waals surface area contributed by atoms with Crippen LogP contribution in [-0.2, 0) is 25.5 Å². The Morgan fingerprint density at radius 2 is 2.04 bits per heavy atom. The summed E-state index contributed by atoms with van der Waals surface area (Å²) in [7, 11) is -3.76. The Balaban J connectivity index is 2.25. The fourth-order valence-corrected chi connectivity index (χ4v) is 4.52. The van der Waals surface area contributed by atoms with Crippen molar-refractivity contribution < 1.29 is 17.4 Å². The average Bonchev–Trinajstić information content (AvgIpc) is 3.03. The van der Waals surface area contributed by atoms with Crippen molar-refractivity contribution in [1.29, 1.82) is 0 Å². The largest absolute Gasteiger partial charge is 0.384 e. The zero-order valence-corrected chi connectivity index (χ0v) is 15.6. The molecule has 0 N–H and O–H groups in total. The number of aryl methyl sites for hydroxylation is 1. The van der Waals surface area contributed by atoms with Crippen LogP contribution in [-0.4, -0.2) is 38.1 Å². The Kier molecular flexibility index (Phi) is 4.57. The van der Waals surface area contributed by atoms with Crippen molar-refractivity contribution in [3.8, 4) is 0 Å². The highest BCUT2D eigenvalue weighted by Gasteiger charge is 2.46. The maximum absolute atomic E-state index is 12.9. The van der Waals surface area contributed by atoms with Crippen molar-refractivity contribution in [3.63, 3.8) is 0 Å². The van der Waals surface area contributed by atoms with Gasteiger partial charge in [0.1, 0.15) is 0 Å². The summed E-state index contributed by atoms with van der Waals surface area (Å²) in [4.78, 5) is 14.5. The van der Waals surface area contributed by atoms with Gasteiger partial charge in [0.05, 0.1) is 22.9 Å². The Hall–Kier alpha value is -1.24. The highest BCUT2D eigenvalue weighted by Crippen LogP contribution is 2.43. The molecule has 8 heteroatoms. The van der Waals surface area contributed by atoms with Gasteiger partial charge in [-0.15, -0.1) is 0 Å². The van der Waals surface area contributed by atoms with Gasteiger partial charge in [-0.05, 0) is 37.0 Å². The summed E-state index contributed by atoms with van der Waals surface area (Å²) in [6.45, 7) is 2.50. The first-order valence-corrected chi connectivity index (χ1v) is 10.2. The molecule has 5 nitrogen and oxygen atoms in total. The lowest BCUT2D eigenvalue weighted by atomic mass is 9.96. The third-order valence-corrected chi connectivity index (χ3v) is 5.28. The third kappa shape index (κ3) is 3.03. The molecule has 1 amide bonds. The molecule has 2 heterocycles. The van der Waals surface area contributed by atoms with Crippen molar-refractivity contribution in [2.45, 2.75) is 32.2 Å². The monoisotopic (exact) mass is 389 g/mol. The molecule has 1 saturated heterocycles. The van der Waals surface area contributed by atoms with Gasteiger partial charge < -0.3 is 9.08 Å². The van der Waals surface area contributed by atoms with Crippen molar-refractivity contribution in [3.05, 3.63) is 39.1 Å². The molecule has 130 valence electrons. The second-order valence-electron chi connectivity index (χ2n) is 5.96. The van der Waals surface area contributed by atoms with E-state index >= 15 is 0 Å². The number of carbonyl (C=O) groups excluding carboxylic acids is 1. The van der Waals surface area contributed by atoms with Crippen LogP contribution in [0.15, 0.2) is 17.9 Å². The molecule has 1 unspecified atom stereocenters. The molecule has 1 aromatic carbocycles. The van der Waals surface area contributed by atoms with Gasteiger partial charge >= 0.3 is 10.1 Å². The smallest absolute Gasteiger partial charge is 0.306 e. The van der Waals surface area contributed by atoms with E-state index in [0.717, 1.165) is 18.2 Å². The van der Waals surface area contributed by atoms with E-state index in [4.69, 9.17) is 27.4 Å². The van der Waals surface area contributed by atoms with Crippen LogP contribution in [0.5, 0.6) is 0 Å². The number of carbonyl (C=O) groups is 1. The van der Waals surface area contributed by atoms with Gasteiger partial charge in [-0.25, -0.2) is 0 Å². The summed E-state index contributed by atoms with van der Waals surface area (Å²) in [5, 5.41) is 0.788. The SMILES string of the molecule is CCc1cc(Cl)cc(Cl)c1C1=C(OS(C)(=O)=O)C2CCCN2C1=O. The number of benzene rings is 1. The first-order valence-electron chi connectivity index (χ1n) is 7.65. The van der Waals surface area contributed by atoms with E-state index in [1.165, 1.54) is 0 Å².